The first-order valence-corrected chi connectivity index (χ1v) is 7.54. The zero-order valence-electron chi connectivity index (χ0n) is 11.7. The van der Waals surface area contributed by atoms with Gasteiger partial charge in [0.2, 0.25) is 0 Å². The minimum absolute atomic E-state index is 0.292. The molecule has 0 saturated heterocycles. The van der Waals surface area contributed by atoms with Gasteiger partial charge in [0.05, 0.1) is 22.6 Å². The Morgan fingerprint density at radius 1 is 1.32 bits per heavy atom. The Bertz CT molecular complexity index is 813. The Hall–Kier alpha value is -2.21. The van der Waals surface area contributed by atoms with Crippen LogP contribution in [-0.2, 0) is 0 Å². The van der Waals surface area contributed by atoms with E-state index in [4.69, 9.17) is 0 Å². The molecule has 0 aliphatic heterocycles. The fourth-order valence-electron chi connectivity index (χ4n) is 2.19. The molecule has 6 heteroatoms. The van der Waals surface area contributed by atoms with Crippen LogP contribution in [0.3, 0.4) is 0 Å². The highest BCUT2D eigenvalue weighted by Gasteiger charge is 2.16. The van der Waals surface area contributed by atoms with Crippen molar-refractivity contribution >= 4 is 32.9 Å². The zero-order chi connectivity index (χ0) is 15.7. The number of fused-ring (bicyclic) bond motifs is 1. The normalized spacial score (nSPS) is 12.3. The molecule has 1 atom stereocenters. The SMILES string of the molecule is C[C@H](NC(=O)c1ccc(F)cc1Br)c1nc2ccccc2[nH]1. The van der Waals surface area contributed by atoms with E-state index in [-0.39, 0.29) is 11.9 Å². The summed E-state index contributed by atoms with van der Waals surface area (Å²) in [6.07, 6.45) is 0. The lowest BCUT2D eigenvalue weighted by Gasteiger charge is -2.12. The molecule has 4 nitrogen and oxygen atoms in total. The van der Waals surface area contributed by atoms with E-state index >= 15 is 0 Å². The first-order valence-electron chi connectivity index (χ1n) is 6.75. The second-order valence-electron chi connectivity index (χ2n) is 4.96. The van der Waals surface area contributed by atoms with Crippen LogP contribution in [0.5, 0.6) is 0 Å². The lowest BCUT2D eigenvalue weighted by atomic mass is 10.2. The second-order valence-corrected chi connectivity index (χ2v) is 5.81. The molecular formula is C16H13BrFN3O. The van der Waals surface area contributed by atoms with E-state index in [2.05, 4.69) is 31.2 Å². The number of nitrogens with zero attached hydrogens (tertiary/aromatic N) is 1. The van der Waals surface area contributed by atoms with Gasteiger partial charge >= 0.3 is 0 Å². The van der Waals surface area contributed by atoms with Crippen LogP contribution < -0.4 is 5.32 Å². The van der Waals surface area contributed by atoms with Crippen molar-refractivity contribution in [2.45, 2.75) is 13.0 Å². The number of aromatic amines is 1. The van der Waals surface area contributed by atoms with Crippen molar-refractivity contribution < 1.29 is 9.18 Å². The second kappa shape index (κ2) is 5.88. The van der Waals surface area contributed by atoms with E-state index in [1.165, 1.54) is 18.2 Å². The fourth-order valence-corrected chi connectivity index (χ4v) is 2.72. The van der Waals surface area contributed by atoms with Gasteiger partial charge in [-0.25, -0.2) is 9.37 Å². The average Bonchev–Trinajstić information content (AvgIpc) is 2.91. The van der Waals surface area contributed by atoms with Crippen molar-refractivity contribution in [3.05, 3.63) is 64.1 Å². The number of hydrogen-bond acceptors (Lipinski definition) is 2. The van der Waals surface area contributed by atoms with Crippen LogP contribution in [0.15, 0.2) is 46.9 Å². The highest BCUT2D eigenvalue weighted by molar-refractivity contribution is 9.10. The first kappa shape index (κ1) is 14.7. The molecule has 0 radical (unpaired) electrons. The zero-order valence-corrected chi connectivity index (χ0v) is 13.3. The fraction of sp³-hybridized carbons (Fsp3) is 0.125. The summed E-state index contributed by atoms with van der Waals surface area (Å²) in [5, 5.41) is 2.85. The third-order valence-corrected chi connectivity index (χ3v) is 4.00. The maximum absolute atomic E-state index is 13.1. The number of rotatable bonds is 3. The predicted octanol–water partition coefficient (Wildman–Crippen LogP) is 3.96. The summed E-state index contributed by atoms with van der Waals surface area (Å²) in [5.74, 6) is -0.0126. The largest absolute Gasteiger partial charge is 0.342 e. The molecule has 3 aromatic rings. The number of para-hydroxylation sites is 2. The summed E-state index contributed by atoms with van der Waals surface area (Å²) >= 11 is 3.20. The van der Waals surface area contributed by atoms with Crippen LogP contribution in [0.2, 0.25) is 0 Å². The van der Waals surface area contributed by atoms with E-state index < -0.39 is 5.82 Å². The molecule has 0 bridgehead atoms. The predicted molar refractivity (Wildman–Crippen MR) is 86.1 cm³/mol. The third kappa shape index (κ3) is 2.87. The summed E-state index contributed by atoms with van der Waals surface area (Å²) in [4.78, 5) is 19.9. The van der Waals surface area contributed by atoms with Crippen LogP contribution >= 0.6 is 15.9 Å². The molecule has 0 unspecified atom stereocenters. The van der Waals surface area contributed by atoms with E-state index in [9.17, 15) is 9.18 Å². The molecule has 2 aromatic carbocycles. The van der Waals surface area contributed by atoms with Crippen LogP contribution in [0, 0.1) is 5.82 Å². The summed E-state index contributed by atoms with van der Waals surface area (Å²) < 4.78 is 13.5. The van der Waals surface area contributed by atoms with Crippen molar-refractivity contribution in [3.63, 3.8) is 0 Å². The van der Waals surface area contributed by atoms with Crippen molar-refractivity contribution in [1.82, 2.24) is 15.3 Å². The molecule has 0 aliphatic rings. The van der Waals surface area contributed by atoms with E-state index in [0.29, 0.717) is 15.9 Å². The number of carbonyl (C=O) groups is 1. The van der Waals surface area contributed by atoms with Gasteiger partial charge < -0.3 is 10.3 Å². The van der Waals surface area contributed by atoms with Crippen molar-refractivity contribution in [1.29, 1.82) is 0 Å². The number of hydrogen-bond donors (Lipinski definition) is 2. The highest BCUT2D eigenvalue weighted by atomic mass is 79.9. The van der Waals surface area contributed by atoms with Gasteiger partial charge in [-0.15, -0.1) is 0 Å². The monoisotopic (exact) mass is 361 g/mol. The van der Waals surface area contributed by atoms with Gasteiger partial charge in [0, 0.05) is 4.47 Å². The summed E-state index contributed by atoms with van der Waals surface area (Å²) in [6, 6.07) is 11.3. The molecular weight excluding hydrogens is 349 g/mol. The van der Waals surface area contributed by atoms with Gasteiger partial charge in [0.1, 0.15) is 11.6 Å². The number of halogens is 2. The van der Waals surface area contributed by atoms with Gasteiger partial charge in [0.25, 0.3) is 5.91 Å². The number of H-pyrrole nitrogens is 1. The van der Waals surface area contributed by atoms with Gasteiger partial charge in [0.15, 0.2) is 0 Å². The topological polar surface area (TPSA) is 57.8 Å². The van der Waals surface area contributed by atoms with Gasteiger partial charge in [-0.2, -0.15) is 0 Å². The molecule has 2 N–H and O–H groups in total. The van der Waals surface area contributed by atoms with Gasteiger partial charge in [-0.05, 0) is 53.2 Å². The Morgan fingerprint density at radius 3 is 2.82 bits per heavy atom. The Balaban J connectivity index is 1.81. The molecule has 0 spiro atoms. The van der Waals surface area contributed by atoms with Crippen molar-refractivity contribution in [2.75, 3.05) is 0 Å². The Morgan fingerprint density at radius 2 is 2.09 bits per heavy atom. The highest BCUT2D eigenvalue weighted by Crippen LogP contribution is 2.20. The summed E-state index contributed by atoms with van der Waals surface area (Å²) in [7, 11) is 0. The third-order valence-electron chi connectivity index (χ3n) is 3.34. The molecule has 0 saturated carbocycles. The number of benzene rings is 2. The smallest absolute Gasteiger partial charge is 0.253 e. The minimum Gasteiger partial charge on any atom is -0.342 e. The molecule has 112 valence electrons. The van der Waals surface area contributed by atoms with E-state index in [1.54, 1.807) is 0 Å². The van der Waals surface area contributed by atoms with Crippen molar-refractivity contribution in [3.8, 4) is 0 Å². The standard InChI is InChI=1S/C16H13BrFN3O/c1-9(15-20-13-4-2-3-5-14(13)21-15)19-16(22)11-7-6-10(18)8-12(11)17/h2-9H,1H3,(H,19,22)(H,20,21)/t9-/m0/s1. The first-order chi connectivity index (χ1) is 10.5. The number of amides is 1. The molecule has 0 fully saturated rings. The molecule has 1 aromatic heterocycles. The van der Waals surface area contributed by atoms with E-state index in [1.807, 2.05) is 31.2 Å². The molecule has 22 heavy (non-hydrogen) atoms. The molecule has 3 rings (SSSR count). The number of aromatic nitrogens is 2. The van der Waals surface area contributed by atoms with Crippen LogP contribution in [-0.4, -0.2) is 15.9 Å². The quantitative estimate of drug-likeness (QED) is 0.741. The maximum Gasteiger partial charge on any atom is 0.253 e. The lowest BCUT2D eigenvalue weighted by molar-refractivity contribution is 0.0937. The summed E-state index contributed by atoms with van der Waals surface area (Å²) in [5.41, 5.74) is 2.15. The van der Waals surface area contributed by atoms with Crippen LogP contribution in [0.25, 0.3) is 11.0 Å². The minimum atomic E-state index is -0.395. The van der Waals surface area contributed by atoms with Crippen LogP contribution in [0.4, 0.5) is 4.39 Å². The van der Waals surface area contributed by atoms with Crippen molar-refractivity contribution in [2.24, 2.45) is 0 Å². The number of imidazole rings is 1. The molecule has 0 aliphatic carbocycles. The van der Waals surface area contributed by atoms with Gasteiger partial charge in [-0.1, -0.05) is 12.1 Å². The lowest BCUT2D eigenvalue weighted by Crippen LogP contribution is -2.27. The van der Waals surface area contributed by atoms with E-state index in [0.717, 1.165) is 11.0 Å². The van der Waals surface area contributed by atoms with Crippen LogP contribution in [0.1, 0.15) is 29.1 Å². The average molecular weight is 362 g/mol. The maximum atomic E-state index is 13.1. The Labute approximate surface area is 134 Å². The molecule has 1 amide bonds. The Kier molecular flexibility index (Phi) is 3.94. The number of nitrogens with one attached hydrogen (secondary N) is 2. The number of carbonyl (C=O) groups excluding carboxylic acids is 1. The van der Waals surface area contributed by atoms with Gasteiger partial charge in [-0.3, -0.25) is 4.79 Å². The summed E-state index contributed by atoms with van der Waals surface area (Å²) in [6.45, 7) is 1.84. The molecule has 1 heterocycles.